The first kappa shape index (κ1) is 25.3. The molecule has 1 unspecified atom stereocenters. The molecule has 3 amide bonds. The summed E-state index contributed by atoms with van der Waals surface area (Å²) in [5, 5.41) is 21.1. The van der Waals surface area contributed by atoms with Gasteiger partial charge in [0.05, 0.1) is 12.5 Å². The van der Waals surface area contributed by atoms with E-state index >= 15 is 0 Å². The molecule has 3 atom stereocenters. The van der Waals surface area contributed by atoms with Crippen molar-refractivity contribution in [1.29, 1.82) is 0 Å². The second kappa shape index (κ2) is 13.5. The molecule has 0 saturated carbocycles. The first-order chi connectivity index (χ1) is 13.8. The number of amides is 3. The lowest BCUT2D eigenvalue weighted by Gasteiger charge is -2.29. The van der Waals surface area contributed by atoms with Crippen LogP contribution in [0.5, 0.6) is 0 Å². The molecule has 9 heteroatoms. The first-order valence-electron chi connectivity index (χ1n) is 10.5. The van der Waals surface area contributed by atoms with Crippen LogP contribution in [-0.2, 0) is 19.1 Å². The Bertz CT molecular complexity index is 528. The van der Waals surface area contributed by atoms with E-state index in [0.717, 1.165) is 12.8 Å². The third-order valence-electron chi connectivity index (χ3n) is 5.33. The molecule has 29 heavy (non-hydrogen) atoms. The molecule has 0 aromatic rings. The van der Waals surface area contributed by atoms with Gasteiger partial charge in [-0.3, -0.25) is 19.6 Å². The normalized spacial score (nSPS) is 19.6. The van der Waals surface area contributed by atoms with Gasteiger partial charge in [-0.1, -0.05) is 13.8 Å². The standard InChI is InChI=1S/C20H37N3O6/c1-14(2)13-16(15(7-6-11-24)19(26)22-28)18(25)21-17-8-4-5-9-23(20(17)27)10-12-29-3/h14-17,24,28H,4-13H2,1-3H3,(H,21,25)(H,22,26)/t15?,16-,17+/m1/s1. The smallest absolute Gasteiger partial charge is 0.247 e. The maximum absolute atomic E-state index is 13.1. The molecule has 0 aromatic heterocycles. The number of carbonyl (C=O) groups excluding carboxylic acids is 3. The van der Waals surface area contributed by atoms with Crippen LogP contribution in [0, 0.1) is 17.8 Å². The number of aliphatic hydroxyl groups is 1. The number of aliphatic hydroxyl groups excluding tert-OH is 1. The molecule has 1 saturated heterocycles. The van der Waals surface area contributed by atoms with Gasteiger partial charge in [-0.05, 0) is 44.4 Å². The Labute approximate surface area is 173 Å². The van der Waals surface area contributed by atoms with Crippen LogP contribution in [0.2, 0.25) is 0 Å². The van der Waals surface area contributed by atoms with Crippen LogP contribution in [0.1, 0.15) is 52.4 Å². The van der Waals surface area contributed by atoms with Crippen molar-refractivity contribution in [1.82, 2.24) is 15.7 Å². The molecular weight excluding hydrogens is 378 g/mol. The SMILES string of the molecule is COCCN1CCCC[C@H](NC(=O)[C@H](CC(C)C)C(CCCO)C(=O)NO)C1=O. The highest BCUT2D eigenvalue weighted by atomic mass is 16.5. The predicted molar refractivity (Wildman–Crippen MR) is 107 cm³/mol. The molecule has 1 heterocycles. The Morgan fingerprint density at radius 1 is 1.24 bits per heavy atom. The summed E-state index contributed by atoms with van der Waals surface area (Å²) in [6, 6.07) is -0.632. The van der Waals surface area contributed by atoms with Gasteiger partial charge in [0.1, 0.15) is 6.04 Å². The molecule has 1 rings (SSSR count). The molecule has 1 aliphatic rings. The fourth-order valence-electron chi connectivity index (χ4n) is 3.81. The minimum Gasteiger partial charge on any atom is -0.396 e. The number of methoxy groups -OCH3 is 1. The van der Waals surface area contributed by atoms with Crippen molar-refractivity contribution in [3.05, 3.63) is 0 Å². The van der Waals surface area contributed by atoms with Gasteiger partial charge < -0.3 is 20.1 Å². The van der Waals surface area contributed by atoms with Crippen LogP contribution >= 0.6 is 0 Å². The largest absolute Gasteiger partial charge is 0.396 e. The van der Waals surface area contributed by atoms with Crippen molar-refractivity contribution < 1.29 is 29.4 Å². The maximum atomic E-state index is 13.1. The van der Waals surface area contributed by atoms with Gasteiger partial charge >= 0.3 is 0 Å². The maximum Gasteiger partial charge on any atom is 0.247 e. The van der Waals surface area contributed by atoms with E-state index in [4.69, 9.17) is 15.1 Å². The van der Waals surface area contributed by atoms with Crippen molar-refractivity contribution in [3.63, 3.8) is 0 Å². The van der Waals surface area contributed by atoms with Crippen LogP contribution < -0.4 is 10.8 Å². The monoisotopic (exact) mass is 415 g/mol. The highest BCUT2D eigenvalue weighted by molar-refractivity contribution is 5.91. The summed E-state index contributed by atoms with van der Waals surface area (Å²) < 4.78 is 5.07. The topological polar surface area (TPSA) is 128 Å². The quantitative estimate of drug-likeness (QED) is 0.274. The van der Waals surface area contributed by atoms with Gasteiger partial charge in [-0.2, -0.15) is 0 Å². The van der Waals surface area contributed by atoms with Crippen LogP contribution in [-0.4, -0.2) is 72.4 Å². The number of carbonyl (C=O) groups is 3. The lowest BCUT2D eigenvalue weighted by atomic mass is 9.81. The minimum absolute atomic E-state index is 0.110. The van der Waals surface area contributed by atoms with Crippen LogP contribution in [0.4, 0.5) is 0 Å². The highest BCUT2D eigenvalue weighted by Crippen LogP contribution is 2.26. The molecule has 9 nitrogen and oxygen atoms in total. The molecule has 168 valence electrons. The molecule has 1 aliphatic heterocycles. The summed E-state index contributed by atoms with van der Waals surface area (Å²) in [5.41, 5.74) is 1.65. The summed E-state index contributed by atoms with van der Waals surface area (Å²) in [7, 11) is 1.58. The second-order valence-electron chi connectivity index (χ2n) is 8.06. The van der Waals surface area contributed by atoms with E-state index < -0.39 is 23.8 Å². The summed E-state index contributed by atoms with van der Waals surface area (Å²) in [6.45, 7) is 5.33. The van der Waals surface area contributed by atoms with Crippen molar-refractivity contribution in [2.75, 3.05) is 33.4 Å². The van der Waals surface area contributed by atoms with Crippen molar-refractivity contribution in [2.45, 2.75) is 58.4 Å². The summed E-state index contributed by atoms with van der Waals surface area (Å²) >= 11 is 0. The molecule has 0 bridgehead atoms. The number of nitrogens with one attached hydrogen (secondary N) is 2. The van der Waals surface area contributed by atoms with Crippen molar-refractivity contribution >= 4 is 17.7 Å². The average molecular weight is 416 g/mol. The van der Waals surface area contributed by atoms with Gasteiger partial charge in [0.2, 0.25) is 17.7 Å². The van der Waals surface area contributed by atoms with Crippen molar-refractivity contribution in [2.24, 2.45) is 17.8 Å². The second-order valence-corrected chi connectivity index (χ2v) is 8.06. The van der Waals surface area contributed by atoms with E-state index in [0.29, 0.717) is 39.0 Å². The molecule has 4 N–H and O–H groups in total. The summed E-state index contributed by atoms with van der Waals surface area (Å²) in [4.78, 5) is 39.9. The third kappa shape index (κ3) is 8.28. The number of hydrogen-bond acceptors (Lipinski definition) is 6. The molecule has 1 fully saturated rings. The minimum atomic E-state index is -0.778. The number of hydroxylamine groups is 1. The number of ether oxygens (including phenoxy) is 1. The van der Waals surface area contributed by atoms with E-state index in [1.165, 1.54) is 0 Å². The van der Waals surface area contributed by atoms with Crippen molar-refractivity contribution in [3.8, 4) is 0 Å². The number of nitrogens with zero attached hydrogens (tertiary/aromatic N) is 1. The van der Waals surface area contributed by atoms with E-state index in [-0.39, 0.29) is 30.8 Å². The zero-order valence-electron chi connectivity index (χ0n) is 17.9. The zero-order chi connectivity index (χ0) is 21.8. The third-order valence-corrected chi connectivity index (χ3v) is 5.33. The van der Waals surface area contributed by atoms with E-state index in [1.54, 1.807) is 17.5 Å². The molecular formula is C20H37N3O6. The van der Waals surface area contributed by atoms with Gasteiger partial charge in [0.15, 0.2) is 0 Å². The molecule has 0 spiro atoms. The first-order valence-corrected chi connectivity index (χ1v) is 10.5. The van der Waals surface area contributed by atoms with Crippen LogP contribution in [0.15, 0.2) is 0 Å². The van der Waals surface area contributed by atoms with E-state index in [1.807, 2.05) is 13.8 Å². The van der Waals surface area contributed by atoms with Gasteiger partial charge in [-0.15, -0.1) is 0 Å². The number of hydrogen-bond donors (Lipinski definition) is 4. The van der Waals surface area contributed by atoms with Gasteiger partial charge in [0.25, 0.3) is 0 Å². The van der Waals surface area contributed by atoms with E-state index in [2.05, 4.69) is 5.32 Å². The Balaban J connectivity index is 2.96. The van der Waals surface area contributed by atoms with Gasteiger partial charge in [0, 0.05) is 32.7 Å². The Kier molecular flexibility index (Phi) is 11.8. The number of likely N-dealkylation sites (tertiary alicyclic amines) is 1. The lowest BCUT2D eigenvalue weighted by molar-refractivity contribution is -0.143. The Morgan fingerprint density at radius 2 is 1.97 bits per heavy atom. The number of rotatable bonds is 12. The zero-order valence-corrected chi connectivity index (χ0v) is 17.9. The Hall–Kier alpha value is -1.71. The summed E-state index contributed by atoms with van der Waals surface area (Å²) in [5.74, 6) is -2.48. The average Bonchev–Trinajstić information content (AvgIpc) is 2.86. The molecule has 0 aliphatic carbocycles. The summed E-state index contributed by atoms with van der Waals surface area (Å²) in [6.07, 6.45) is 3.28. The lowest BCUT2D eigenvalue weighted by Crippen LogP contribution is -2.51. The van der Waals surface area contributed by atoms with Crippen LogP contribution in [0.25, 0.3) is 0 Å². The Morgan fingerprint density at radius 3 is 2.55 bits per heavy atom. The van der Waals surface area contributed by atoms with Gasteiger partial charge in [-0.25, -0.2) is 5.48 Å². The highest BCUT2D eigenvalue weighted by Gasteiger charge is 2.36. The fourth-order valence-corrected chi connectivity index (χ4v) is 3.81. The van der Waals surface area contributed by atoms with Crippen LogP contribution in [0.3, 0.4) is 0 Å². The molecule has 0 radical (unpaired) electrons. The fraction of sp³-hybridized carbons (Fsp3) is 0.850. The predicted octanol–water partition coefficient (Wildman–Crippen LogP) is 0.687. The molecule has 0 aromatic carbocycles. The van der Waals surface area contributed by atoms with E-state index in [9.17, 15) is 14.4 Å².